The van der Waals surface area contributed by atoms with E-state index in [4.69, 9.17) is 5.11 Å². The van der Waals surface area contributed by atoms with E-state index in [0.29, 0.717) is 5.56 Å². The molecule has 1 rings (SSSR count). The standard InChI is InChI=1S/C9H11NO2.Li.H/c1-10(2)8-5-3-7(4-6-8)9(11)12;;/h3-6H,1-2H3,(H,11,12);;. The average molecular weight is 173 g/mol. The second-order valence-electron chi connectivity index (χ2n) is 2.75. The van der Waals surface area contributed by atoms with Gasteiger partial charge < -0.3 is 10.0 Å². The molecule has 0 atom stereocenters. The Morgan fingerprint density at radius 3 is 2.00 bits per heavy atom. The number of benzene rings is 1. The number of nitrogens with zero attached hydrogens (tertiary/aromatic N) is 1. The Morgan fingerprint density at radius 1 is 1.23 bits per heavy atom. The summed E-state index contributed by atoms with van der Waals surface area (Å²) in [5, 5.41) is 8.60. The van der Waals surface area contributed by atoms with Crippen LogP contribution in [0.15, 0.2) is 24.3 Å². The zero-order chi connectivity index (χ0) is 9.14. The van der Waals surface area contributed by atoms with Crippen LogP contribution in [0.2, 0.25) is 0 Å². The normalized spacial score (nSPS) is 8.77. The summed E-state index contributed by atoms with van der Waals surface area (Å²) in [6.07, 6.45) is 0. The van der Waals surface area contributed by atoms with E-state index in [1.165, 1.54) is 0 Å². The molecule has 13 heavy (non-hydrogen) atoms. The van der Waals surface area contributed by atoms with Crippen molar-refractivity contribution in [1.82, 2.24) is 0 Å². The Kier molecular flexibility index (Phi) is 4.61. The first-order chi connectivity index (χ1) is 5.61. The second kappa shape index (κ2) is 4.96. The zero-order valence-electron chi connectivity index (χ0n) is 7.11. The first kappa shape index (κ1) is 12.1. The molecule has 0 heterocycles. The molecular weight excluding hydrogens is 161 g/mol. The van der Waals surface area contributed by atoms with Crippen molar-refractivity contribution in [3.63, 3.8) is 0 Å². The Labute approximate surface area is 89.5 Å². The predicted octanol–water partition coefficient (Wildman–Crippen LogP) is 0.802. The van der Waals surface area contributed by atoms with Crippen LogP contribution in [-0.2, 0) is 0 Å². The van der Waals surface area contributed by atoms with E-state index in [0.717, 1.165) is 5.69 Å². The number of rotatable bonds is 2. The van der Waals surface area contributed by atoms with Gasteiger partial charge in [0.1, 0.15) is 0 Å². The SMILES string of the molecule is CN(C)c1ccc(C(=O)O)cc1.[LiH]. The van der Waals surface area contributed by atoms with Crippen LogP contribution in [0, 0.1) is 0 Å². The van der Waals surface area contributed by atoms with Crippen molar-refractivity contribution in [3.05, 3.63) is 29.8 Å². The van der Waals surface area contributed by atoms with Crippen LogP contribution in [-0.4, -0.2) is 44.0 Å². The van der Waals surface area contributed by atoms with Gasteiger partial charge in [-0.2, -0.15) is 0 Å². The van der Waals surface area contributed by atoms with Gasteiger partial charge in [0.25, 0.3) is 0 Å². The predicted molar refractivity (Wildman–Crippen MR) is 54.9 cm³/mol. The number of anilines is 1. The third kappa shape index (κ3) is 3.14. The van der Waals surface area contributed by atoms with Gasteiger partial charge >= 0.3 is 24.8 Å². The molecule has 0 aliphatic heterocycles. The van der Waals surface area contributed by atoms with Gasteiger partial charge in [-0.3, -0.25) is 0 Å². The molecule has 66 valence electrons. The van der Waals surface area contributed by atoms with Crippen molar-refractivity contribution in [2.75, 3.05) is 19.0 Å². The van der Waals surface area contributed by atoms with Crippen LogP contribution in [0.1, 0.15) is 10.4 Å². The summed E-state index contributed by atoms with van der Waals surface area (Å²) in [7, 11) is 3.82. The Morgan fingerprint density at radius 2 is 1.69 bits per heavy atom. The van der Waals surface area contributed by atoms with Crippen molar-refractivity contribution in [1.29, 1.82) is 0 Å². The van der Waals surface area contributed by atoms with Gasteiger partial charge in [0.15, 0.2) is 0 Å². The molecule has 0 amide bonds. The maximum atomic E-state index is 10.5. The van der Waals surface area contributed by atoms with E-state index in [1.54, 1.807) is 24.3 Å². The fourth-order valence-corrected chi connectivity index (χ4v) is 0.902. The van der Waals surface area contributed by atoms with Crippen LogP contribution >= 0.6 is 0 Å². The molecule has 0 bridgehead atoms. The minimum absolute atomic E-state index is 0. The van der Waals surface area contributed by atoms with E-state index in [9.17, 15) is 4.79 Å². The third-order valence-corrected chi connectivity index (χ3v) is 1.63. The zero-order valence-corrected chi connectivity index (χ0v) is 7.11. The monoisotopic (exact) mass is 173 g/mol. The van der Waals surface area contributed by atoms with Gasteiger partial charge in [-0.1, -0.05) is 0 Å². The number of hydrogen-bond acceptors (Lipinski definition) is 2. The number of carboxylic acids is 1. The van der Waals surface area contributed by atoms with Crippen molar-refractivity contribution in [3.8, 4) is 0 Å². The molecule has 1 aromatic carbocycles. The Balaban J connectivity index is 0.00000144. The molecule has 4 heteroatoms. The number of carbonyl (C=O) groups is 1. The molecule has 0 aliphatic rings. The summed E-state index contributed by atoms with van der Waals surface area (Å²) in [4.78, 5) is 12.4. The van der Waals surface area contributed by atoms with E-state index < -0.39 is 5.97 Å². The third-order valence-electron chi connectivity index (χ3n) is 1.63. The molecule has 0 aromatic heterocycles. The summed E-state index contributed by atoms with van der Waals surface area (Å²) < 4.78 is 0. The van der Waals surface area contributed by atoms with Crippen LogP contribution in [0.5, 0.6) is 0 Å². The minimum atomic E-state index is -0.889. The Bertz CT molecular complexity index is 282. The summed E-state index contributed by atoms with van der Waals surface area (Å²) in [6.45, 7) is 0. The molecule has 0 saturated heterocycles. The first-order valence-corrected chi connectivity index (χ1v) is 3.62. The van der Waals surface area contributed by atoms with Crippen LogP contribution < -0.4 is 4.90 Å². The summed E-state index contributed by atoms with van der Waals surface area (Å²) in [5.41, 5.74) is 1.32. The summed E-state index contributed by atoms with van der Waals surface area (Å²) in [6, 6.07) is 6.75. The molecule has 3 nitrogen and oxygen atoms in total. The van der Waals surface area contributed by atoms with Gasteiger partial charge in [-0.05, 0) is 24.3 Å². The van der Waals surface area contributed by atoms with Gasteiger partial charge in [-0.25, -0.2) is 4.79 Å². The van der Waals surface area contributed by atoms with Crippen LogP contribution in [0.3, 0.4) is 0 Å². The van der Waals surface area contributed by atoms with Gasteiger partial charge in [0.05, 0.1) is 5.56 Å². The molecule has 0 radical (unpaired) electrons. The van der Waals surface area contributed by atoms with Crippen molar-refractivity contribution in [2.45, 2.75) is 0 Å². The molecule has 1 aromatic rings. The number of hydrogen-bond donors (Lipinski definition) is 1. The fourth-order valence-electron chi connectivity index (χ4n) is 0.902. The Hall–Kier alpha value is -0.913. The molecule has 0 unspecified atom stereocenters. The van der Waals surface area contributed by atoms with Crippen molar-refractivity contribution >= 4 is 30.5 Å². The van der Waals surface area contributed by atoms with E-state index >= 15 is 0 Å². The van der Waals surface area contributed by atoms with Crippen molar-refractivity contribution in [2.24, 2.45) is 0 Å². The van der Waals surface area contributed by atoms with Gasteiger partial charge in [0, 0.05) is 19.8 Å². The maximum absolute atomic E-state index is 10.5. The van der Waals surface area contributed by atoms with Crippen molar-refractivity contribution < 1.29 is 9.90 Å². The fraction of sp³-hybridized carbons (Fsp3) is 0.222. The van der Waals surface area contributed by atoms with E-state index in [2.05, 4.69) is 0 Å². The van der Waals surface area contributed by atoms with Crippen LogP contribution in [0.25, 0.3) is 0 Å². The van der Waals surface area contributed by atoms with E-state index in [-0.39, 0.29) is 18.9 Å². The molecule has 0 saturated carbocycles. The average Bonchev–Trinajstić information content (AvgIpc) is 2.04. The van der Waals surface area contributed by atoms with E-state index in [1.807, 2.05) is 19.0 Å². The molecule has 0 spiro atoms. The molecule has 0 aliphatic carbocycles. The second-order valence-corrected chi connectivity index (χ2v) is 2.75. The van der Waals surface area contributed by atoms with Gasteiger partial charge in [-0.15, -0.1) is 0 Å². The summed E-state index contributed by atoms with van der Waals surface area (Å²) in [5.74, 6) is -0.889. The first-order valence-electron chi connectivity index (χ1n) is 3.62. The summed E-state index contributed by atoms with van der Waals surface area (Å²) >= 11 is 0. The quantitative estimate of drug-likeness (QED) is 0.672. The number of carboxylic acid groups (broad SMARTS) is 1. The van der Waals surface area contributed by atoms with Crippen LogP contribution in [0.4, 0.5) is 5.69 Å². The molecule has 0 fully saturated rings. The molecular formula is C9H12LiNO2. The van der Waals surface area contributed by atoms with Gasteiger partial charge in [0.2, 0.25) is 0 Å². The molecule has 1 N–H and O–H groups in total. The number of aromatic carboxylic acids is 1. The topological polar surface area (TPSA) is 40.5 Å².